The molecular weight excluding hydrogens is 329 g/mol. The zero-order chi connectivity index (χ0) is 18.4. The molecule has 0 aliphatic heterocycles. The average molecular weight is 349 g/mol. The highest BCUT2D eigenvalue weighted by molar-refractivity contribution is 6.03. The number of carbonyl (C=O) groups is 1. The number of rotatable bonds is 6. The van der Waals surface area contributed by atoms with Crippen LogP contribution in [0.4, 0.5) is 10.1 Å². The minimum absolute atomic E-state index is 0.0376. The molecule has 3 rings (SSSR count). The molecule has 132 valence electrons. The van der Waals surface area contributed by atoms with Gasteiger partial charge in [-0.1, -0.05) is 24.3 Å². The van der Waals surface area contributed by atoms with Crippen molar-refractivity contribution in [3.8, 4) is 0 Å². The van der Waals surface area contributed by atoms with Crippen molar-refractivity contribution < 1.29 is 9.18 Å². The Morgan fingerprint density at radius 1 is 1.12 bits per heavy atom. The van der Waals surface area contributed by atoms with Crippen LogP contribution in [0.5, 0.6) is 0 Å². The first-order chi connectivity index (χ1) is 12.6. The van der Waals surface area contributed by atoms with E-state index in [9.17, 15) is 9.18 Å². The number of amides is 1. The highest BCUT2D eigenvalue weighted by atomic mass is 19.1. The number of halogens is 1. The molecule has 1 aromatic heterocycles. The van der Waals surface area contributed by atoms with Crippen molar-refractivity contribution in [1.29, 1.82) is 0 Å². The second-order valence-corrected chi connectivity index (χ2v) is 6.05. The Bertz CT molecular complexity index is 866. The van der Waals surface area contributed by atoms with Gasteiger partial charge in [-0.25, -0.2) is 4.39 Å². The van der Waals surface area contributed by atoms with E-state index in [4.69, 9.17) is 0 Å². The molecule has 4 nitrogen and oxygen atoms in total. The lowest BCUT2D eigenvalue weighted by Gasteiger charge is -2.14. The molecule has 1 heterocycles. The van der Waals surface area contributed by atoms with Crippen molar-refractivity contribution in [3.05, 3.63) is 95.6 Å². The van der Waals surface area contributed by atoms with Crippen LogP contribution in [0.25, 0.3) is 0 Å². The topological polar surface area (TPSA) is 54.0 Å². The largest absolute Gasteiger partial charge is 0.322 e. The summed E-state index contributed by atoms with van der Waals surface area (Å²) in [4.78, 5) is 16.0. The number of nitrogens with one attached hydrogen (secondary N) is 2. The van der Waals surface area contributed by atoms with Gasteiger partial charge in [0.15, 0.2) is 0 Å². The number of benzene rings is 2. The summed E-state index contributed by atoms with van der Waals surface area (Å²) in [6.45, 7) is 2.64. The Kier molecular flexibility index (Phi) is 5.71. The summed E-state index contributed by atoms with van der Waals surface area (Å²) in [5.74, 6) is -0.423. The fraction of sp³-hybridized carbons (Fsp3) is 0.143. The maximum atomic E-state index is 13.3. The first-order valence-corrected chi connectivity index (χ1v) is 8.41. The lowest BCUT2D eigenvalue weighted by Crippen LogP contribution is -2.18. The van der Waals surface area contributed by atoms with Gasteiger partial charge in [-0.15, -0.1) is 0 Å². The third kappa shape index (κ3) is 4.74. The van der Waals surface area contributed by atoms with Crippen LogP contribution in [-0.2, 0) is 6.54 Å². The molecule has 1 atom stereocenters. The van der Waals surface area contributed by atoms with Gasteiger partial charge in [0.25, 0.3) is 5.91 Å². The van der Waals surface area contributed by atoms with E-state index in [1.165, 1.54) is 18.3 Å². The van der Waals surface area contributed by atoms with Crippen LogP contribution in [0.2, 0.25) is 0 Å². The fourth-order valence-corrected chi connectivity index (χ4v) is 2.57. The van der Waals surface area contributed by atoms with Gasteiger partial charge in [-0.05, 0) is 54.4 Å². The van der Waals surface area contributed by atoms with E-state index in [0.29, 0.717) is 12.1 Å². The standard InChI is InChI=1S/C21H20FN3O/c1-15(17-4-2-6-19(22)12-17)24-13-16-7-9-20(10-8-16)25-21(26)18-5-3-11-23-14-18/h2-12,14-15,24H,13H2,1H3,(H,25,26)/t15-/m0/s1. The van der Waals surface area contributed by atoms with E-state index in [-0.39, 0.29) is 17.8 Å². The highest BCUT2D eigenvalue weighted by Crippen LogP contribution is 2.15. The molecule has 0 aliphatic rings. The third-order valence-electron chi connectivity index (χ3n) is 4.10. The lowest BCUT2D eigenvalue weighted by molar-refractivity contribution is 0.102. The number of hydrogen-bond acceptors (Lipinski definition) is 3. The number of aromatic nitrogens is 1. The monoisotopic (exact) mass is 349 g/mol. The van der Waals surface area contributed by atoms with Gasteiger partial charge >= 0.3 is 0 Å². The van der Waals surface area contributed by atoms with Crippen molar-refractivity contribution >= 4 is 11.6 Å². The zero-order valence-corrected chi connectivity index (χ0v) is 14.4. The average Bonchev–Trinajstić information content (AvgIpc) is 2.68. The molecule has 5 heteroatoms. The van der Waals surface area contributed by atoms with Gasteiger partial charge in [-0.3, -0.25) is 9.78 Å². The third-order valence-corrected chi connectivity index (χ3v) is 4.10. The van der Waals surface area contributed by atoms with Crippen LogP contribution in [0.15, 0.2) is 73.1 Å². The molecule has 0 radical (unpaired) electrons. The Morgan fingerprint density at radius 3 is 2.62 bits per heavy atom. The minimum atomic E-state index is -0.232. The van der Waals surface area contributed by atoms with Gasteiger partial charge in [0.1, 0.15) is 5.82 Å². The predicted octanol–water partition coefficient (Wildman–Crippen LogP) is 4.32. The summed E-state index contributed by atoms with van der Waals surface area (Å²) in [5.41, 5.74) is 3.22. The quantitative estimate of drug-likeness (QED) is 0.697. The molecular formula is C21H20FN3O. The van der Waals surface area contributed by atoms with Crippen molar-refractivity contribution in [3.63, 3.8) is 0 Å². The molecule has 0 aliphatic carbocycles. The Labute approximate surface area is 152 Å². The van der Waals surface area contributed by atoms with E-state index in [2.05, 4.69) is 15.6 Å². The van der Waals surface area contributed by atoms with Crippen molar-refractivity contribution in [2.24, 2.45) is 0 Å². The zero-order valence-electron chi connectivity index (χ0n) is 14.4. The van der Waals surface area contributed by atoms with Gasteiger partial charge in [0.05, 0.1) is 5.56 Å². The Hall–Kier alpha value is -3.05. The number of hydrogen-bond donors (Lipinski definition) is 2. The molecule has 3 aromatic rings. The van der Waals surface area contributed by atoms with E-state index in [0.717, 1.165) is 16.8 Å². The van der Waals surface area contributed by atoms with Gasteiger partial charge in [0.2, 0.25) is 0 Å². The van der Waals surface area contributed by atoms with E-state index in [1.54, 1.807) is 24.4 Å². The van der Waals surface area contributed by atoms with Crippen LogP contribution in [-0.4, -0.2) is 10.9 Å². The first kappa shape index (κ1) is 17.8. The van der Waals surface area contributed by atoms with Crippen molar-refractivity contribution in [1.82, 2.24) is 10.3 Å². The second kappa shape index (κ2) is 8.36. The summed E-state index contributed by atoms with van der Waals surface area (Å²) >= 11 is 0. The number of nitrogens with zero attached hydrogens (tertiary/aromatic N) is 1. The van der Waals surface area contributed by atoms with Gasteiger partial charge in [-0.2, -0.15) is 0 Å². The molecule has 1 amide bonds. The Morgan fingerprint density at radius 2 is 1.92 bits per heavy atom. The van der Waals surface area contributed by atoms with Crippen LogP contribution >= 0.6 is 0 Å². The van der Waals surface area contributed by atoms with Crippen molar-refractivity contribution in [2.75, 3.05) is 5.32 Å². The summed E-state index contributed by atoms with van der Waals surface area (Å²) in [6, 6.07) is 17.7. The normalized spacial score (nSPS) is 11.8. The molecule has 0 fully saturated rings. The summed E-state index contributed by atoms with van der Waals surface area (Å²) in [7, 11) is 0. The number of carbonyl (C=O) groups excluding carboxylic acids is 1. The minimum Gasteiger partial charge on any atom is -0.322 e. The molecule has 0 spiro atoms. The predicted molar refractivity (Wildman–Crippen MR) is 100 cm³/mol. The van der Waals surface area contributed by atoms with E-state index < -0.39 is 0 Å². The van der Waals surface area contributed by atoms with Gasteiger partial charge in [0, 0.05) is 30.7 Å². The SMILES string of the molecule is C[C@H](NCc1ccc(NC(=O)c2cccnc2)cc1)c1cccc(F)c1. The van der Waals surface area contributed by atoms with Crippen molar-refractivity contribution in [2.45, 2.75) is 19.5 Å². The van der Waals surface area contributed by atoms with Gasteiger partial charge < -0.3 is 10.6 Å². The van der Waals surface area contributed by atoms with Crippen LogP contribution < -0.4 is 10.6 Å². The van der Waals surface area contributed by atoms with Crippen LogP contribution in [0.1, 0.15) is 34.5 Å². The van der Waals surface area contributed by atoms with E-state index >= 15 is 0 Å². The summed E-state index contributed by atoms with van der Waals surface area (Å²) in [6.07, 6.45) is 3.16. The molecule has 2 aromatic carbocycles. The summed E-state index contributed by atoms with van der Waals surface area (Å²) < 4.78 is 13.3. The fourth-order valence-electron chi connectivity index (χ4n) is 2.57. The van der Waals surface area contributed by atoms with Crippen LogP contribution in [0.3, 0.4) is 0 Å². The molecule has 0 unspecified atom stereocenters. The summed E-state index contributed by atoms with van der Waals surface area (Å²) in [5, 5.41) is 6.21. The second-order valence-electron chi connectivity index (χ2n) is 6.05. The lowest BCUT2D eigenvalue weighted by atomic mass is 10.1. The molecule has 26 heavy (non-hydrogen) atoms. The molecule has 0 saturated carbocycles. The maximum Gasteiger partial charge on any atom is 0.257 e. The number of pyridine rings is 1. The Balaban J connectivity index is 1.55. The highest BCUT2D eigenvalue weighted by Gasteiger charge is 2.07. The van der Waals surface area contributed by atoms with Crippen LogP contribution in [0, 0.1) is 5.82 Å². The first-order valence-electron chi connectivity index (χ1n) is 8.41. The number of anilines is 1. The molecule has 0 saturated heterocycles. The molecule has 2 N–H and O–H groups in total. The maximum absolute atomic E-state index is 13.3. The van der Waals surface area contributed by atoms with E-state index in [1.807, 2.05) is 37.3 Å². The smallest absolute Gasteiger partial charge is 0.257 e. The molecule has 0 bridgehead atoms.